The number of nitrogens with zero attached hydrogens (tertiary/aromatic N) is 3. The van der Waals surface area contributed by atoms with E-state index in [2.05, 4.69) is 29.5 Å². The molecule has 1 atom stereocenters. The number of benzene rings is 3. The van der Waals surface area contributed by atoms with Crippen molar-refractivity contribution >= 4 is 17.3 Å². The van der Waals surface area contributed by atoms with Gasteiger partial charge in [-0.15, -0.1) is 0 Å². The summed E-state index contributed by atoms with van der Waals surface area (Å²) in [5, 5.41) is 7.44. The molecule has 37 heavy (non-hydrogen) atoms. The topological polar surface area (TPSA) is 80.5 Å². The van der Waals surface area contributed by atoms with E-state index in [4.69, 9.17) is 14.2 Å². The molecule has 4 aromatic rings. The lowest BCUT2D eigenvalue weighted by atomic mass is 9.93. The van der Waals surface area contributed by atoms with Crippen LogP contribution in [0.25, 0.3) is 17.0 Å². The summed E-state index contributed by atoms with van der Waals surface area (Å²) in [5.41, 5.74) is 6.33. The van der Waals surface area contributed by atoms with E-state index in [1.807, 2.05) is 81.4 Å². The molecule has 1 N–H and O–H groups in total. The minimum Gasteiger partial charge on any atom is -0.494 e. The number of allylic oxidation sites excluding steroid dienone is 1. The van der Waals surface area contributed by atoms with Crippen molar-refractivity contribution in [3.05, 3.63) is 101 Å². The smallest absolute Gasteiger partial charge is 0.326 e. The van der Waals surface area contributed by atoms with E-state index < -0.39 is 6.04 Å². The van der Waals surface area contributed by atoms with Crippen LogP contribution in [0.1, 0.15) is 49.4 Å². The molecule has 188 valence electrons. The predicted molar refractivity (Wildman–Crippen MR) is 144 cm³/mol. The molecule has 1 aromatic heterocycles. The Balaban J connectivity index is 1.60. The lowest BCUT2D eigenvalue weighted by Crippen LogP contribution is -2.46. The second-order valence-electron chi connectivity index (χ2n) is 9.03. The van der Waals surface area contributed by atoms with Gasteiger partial charge in [0.25, 0.3) is 5.89 Å². The molecule has 1 aliphatic rings. The number of nitrogens with one attached hydrogen (secondary N) is 1. The van der Waals surface area contributed by atoms with Crippen molar-refractivity contribution in [2.24, 2.45) is 0 Å². The summed E-state index contributed by atoms with van der Waals surface area (Å²) in [4.78, 5) is 19.8. The number of hydrogen-bond acceptors (Lipinski definition) is 5. The summed E-state index contributed by atoms with van der Waals surface area (Å²) in [6.45, 7) is 8.59. The number of rotatable bonds is 7. The van der Waals surface area contributed by atoms with E-state index in [0.29, 0.717) is 18.3 Å². The highest BCUT2D eigenvalue weighted by Crippen LogP contribution is 2.39. The molecule has 0 fully saturated rings. The highest BCUT2D eigenvalue weighted by atomic mass is 16.5. The van der Waals surface area contributed by atoms with Crippen LogP contribution >= 0.6 is 0 Å². The van der Waals surface area contributed by atoms with Gasteiger partial charge < -0.3 is 14.6 Å². The van der Waals surface area contributed by atoms with Gasteiger partial charge in [0.15, 0.2) is 0 Å². The van der Waals surface area contributed by atoms with Gasteiger partial charge in [0.05, 0.1) is 23.9 Å². The molecule has 0 saturated carbocycles. The molecule has 1 aliphatic heterocycles. The van der Waals surface area contributed by atoms with Crippen molar-refractivity contribution < 1.29 is 14.1 Å². The van der Waals surface area contributed by atoms with E-state index in [1.54, 1.807) is 4.90 Å². The predicted octanol–water partition coefficient (Wildman–Crippen LogP) is 6.71. The first kappa shape index (κ1) is 24.3. The molecular weight excluding hydrogens is 464 g/mol. The molecule has 3 aromatic carbocycles. The van der Waals surface area contributed by atoms with Crippen LogP contribution in [-0.2, 0) is 6.42 Å². The van der Waals surface area contributed by atoms with Crippen LogP contribution in [-0.4, -0.2) is 22.8 Å². The monoisotopic (exact) mass is 494 g/mol. The van der Waals surface area contributed by atoms with Crippen LogP contribution in [0.15, 0.2) is 83.0 Å². The summed E-state index contributed by atoms with van der Waals surface area (Å²) in [6, 6.07) is 23.0. The van der Waals surface area contributed by atoms with Crippen molar-refractivity contribution in [1.82, 2.24) is 15.5 Å². The molecule has 0 radical (unpaired) electrons. The number of hydrogen-bond donors (Lipinski definition) is 1. The van der Waals surface area contributed by atoms with E-state index in [0.717, 1.165) is 45.8 Å². The highest BCUT2D eigenvalue weighted by molar-refractivity contribution is 6.01. The van der Waals surface area contributed by atoms with Crippen LogP contribution in [0.3, 0.4) is 0 Å². The maximum absolute atomic E-state index is 13.4. The van der Waals surface area contributed by atoms with Gasteiger partial charge in [-0.25, -0.2) is 4.79 Å². The zero-order chi connectivity index (χ0) is 25.9. The first-order valence-electron chi connectivity index (χ1n) is 12.5. The third-order valence-electron chi connectivity index (χ3n) is 6.55. The Morgan fingerprint density at radius 1 is 1.00 bits per heavy atom. The largest absolute Gasteiger partial charge is 0.494 e. The van der Waals surface area contributed by atoms with Gasteiger partial charge in [0, 0.05) is 11.3 Å². The number of amides is 2. The zero-order valence-corrected chi connectivity index (χ0v) is 21.5. The SMILES string of the molecule is CCOc1ccc(-c2noc(C3=C(C)N(c4cccc(C)c4)C(=O)NC3c3ccc(CC)cc3)n2)cc1. The van der Waals surface area contributed by atoms with Crippen molar-refractivity contribution in [1.29, 1.82) is 0 Å². The van der Waals surface area contributed by atoms with Crippen molar-refractivity contribution in [3.63, 3.8) is 0 Å². The first-order chi connectivity index (χ1) is 18.0. The summed E-state index contributed by atoms with van der Waals surface area (Å²) in [5.74, 6) is 1.62. The van der Waals surface area contributed by atoms with Crippen molar-refractivity contribution in [2.45, 2.75) is 40.2 Å². The number of aryl methyl sites for hydroxylation is 2. The Bertz CT molecular complexity index is 1440. The zero-order valence-electron chi connectivity index (χ0n) is 21.5. The average Bonchev–Trinajstić information content (AvgIpc) is 3.39. The van der Waals surface area contributed by atoms with Gasteiger partial charge in [-0.1, -0.05) is 48.5 Å². The maximum Gasteiger partial charge on any atom is 0.326 e. The number of carbonyl (C=O) groups excluding carboxylic acids is 1. The number of carbonyl (C=O) groups is 1. The number of urea groups is 1. The Kier molecular flexibility index (Phi) is 6.77. The van der Waals surface area contributed by atoms with Crippen LogP contribution in [0, 0.1) is 6.92 Å². The molecule has 7 heteroatoms. The number of anilines is 1. The lowest BCUT2D eigenvalue weighted by Gasteiger charge is -2.35. The normalized spacial score (nSPS) is 15.6. The highest BCUT2D eigenvalue weighted by Gasteiger charge is 2.36. The molecule has 0 spiro atoms. The van der Waals surface area contributed by atoms with Crippen LogP contribution in [0.2, 0.25) is 0 Å². The summed E-state index contributed by atoms with van der Waals surface area (Å²) in [6.07, 6.45) is 0.940. The molecular formula is C30H30N4O3. The standard InChI is InChI=1S/C30H30N4O3/c1-5-21-10-12-22(13-11-21)27-26(20(4)34(30(35)31-27)24-9-7-8-19(3)18-24)29-32-28(33-37-29)23-14-16-25(17-15-23)36-6-2/h7-18,27H,5-6H2,1-4H3,(H,31,35). The van der Waals surface area contributed by atoms with Crippen LogP contribution < -0.4 is 15.0 Å². The van der Waals surface area contributed by atoms with E-state index in [-0.39, 0.29) is 6.03 Å². The quantitative estimate of drug-likeness (QED) is 0.309. The molecule has 5 rings (SSSR count). The van der Waals surface area contributed by atoms with E-state index >= 15 is 0 Å². The first-order valence-corrected chi connectivity index (χ1v) is 12.5. The third kappa shape index (κ3) is 4.85. The fourth-order valence-corrected chi connectivity index (χ4v) is 4.61. The van der Waals surface area contributed by atoms with Gasteiger partial charge >= 0.3 is 6.03 Å². The molecule has 0 bridgehead atoms. The molecule has 7 nitrogen and oxygen atoms in total. The Morgan fingerprint density at radius 2 is 1.76 bits per heavy atom. The number of aromatic nitrogens is 2. The maximum atomic E-state index is 13.4. The Labute approximate surface area is 216 Å². The minimum absolute atomic E-state index is 0.206. The van der Waals surface area contributed by atoms with Crippen molar-refractivity contribution in [2.75, 3.05) is 11.5 Å². The molecule has 0 aliphatic carbocycles. The van der Waals surface area contributed by atoms with Gasteiger partial charge in [0.2, 0.25) is 5.82 Å². The summed E-state index contributed by atoms with van der Waals surface area (Å²) < 4.78 is 11.4. The van der Waals surface area contributed by atoms with Gasteiger partial charge in [-0.3, -0.25) is 4.90 Å². The fourth-order valence-electron chi connectivity index (χ4n) is 4.61. The Hall–Kier alpha value is -4.39. The van der Waals surface area contributed by atoms with Gasteiger partial charge in [-0.05, 0) is 80.3 Å². The molecule has 2 amide bonds. The van der Waals surface area contributed by atoms with E-state index in [9.17, 15) is 4.79 Å². The molecule has 2 heterocycles. The third-order valence-corrected chi connectivity index (χ3v) is 6.55. The molecule has 1 unspecified atom stereocenters. The van der Waals surface area contributed by atoms with Gasteiger partial charge in [0.1, 0.15) is 5.75 Å². The summed E-state index contributed by atoms with van der Waals surface area (Å²) >= 11 is 0. The second kappa shape index (κ2) is 10.3. The Morgan fingerprint density at radius 3 is 2.43 bits per heavy atom. The fraction of sp³-hybridized carbons (Fsp3) is 0.233. The van der Waals surface area contributed by atoms with Crippen LogP contribution in [0.4, 0.5) is 10.5 Å². The summed E-state index contributed by atoms with van der Waals surface area (Å²) in [7, 11) is 0. The minimum atomic E-state index is -0.437. The van der Waals surface area contributed by atoms with Crippen molar-refractivity contribution in [3.8, 4) is 17.1 Å². The average molecular weight is 495 g/mol. The second-order valence-corrected chi connectivity index (χ2v) is 9.03. The van der Waals surface area contributed by atoms with Crippen LogP contribution in [0.5, 0.6) is 5.75 Å². The van der Waals surface area contributed by atoms with Gasteiger partial charge in [-0.2, -0.15) is 4.98 Å². The lowest BCUT2D eigenvalue weighted by molar-refractivity contribution is 0.244. The van der Waals surface area contributed by atoms with E-state index in [1.165, 1.54) is 5.56 Å². The molecule has 0 saturated heterocycles. The number of ether oxygens (including phenoxy) is 1.